The number of carbonyl (C=O) groups is 4. The molecule has 2 rings (SSSR count). The average molecular weight is 494 g/mol. The minimum Gasteiger partial charge on any atom is -0.493 e. The van der Waals surface area contributed by atoms with Gasteiger partial charge in [-0.2, -0.15) is 0 Å². The van der Waals surface area contributed by atoms with Crippen LogP contribution in [0.2, 0.25) is 0 Å². The van der Waals surface area contributed by atoms with E-state index >= 15 is 0 Å². The Morgan fingerprint density at radius 3 is 2.03 bits per heavy atom. The van der Waals surface area contributed by atoms with Crippen LogP contribution in [0.3, 0.4) is 0 Å². The van der Waals surface area contributed by atoms with Gasteiger partial charge < -0.3 is 33.2 Å². The van der Waals surface area contributed by atoms with Gasteiger partial charge in [-0.3, -0.25) is 19.2 Å². The highest BCUT2D eigenvalue weighted by molar-refractivity contribution is 5.68. The maximum absolute atomic E-state index is 11.9. The standard InChI is InChI=1S/C24H30O11/c1-7-8-17-9-10-18(19(11-17)29-6)34-24-23(33-16(5)28)22(32-15(4)27)21(31-14(3)26)20(35-24)12-30-13(2)25/h7,9-11,20-24H,1,8,12H2,2-6H3/t20-,21-,22+,23-,24-/m1/s1. The van der Waals surface area contributed by atoms with Crippen LogP contribution in [0.15, 0.2) is 30.9 Å². The highest BCUT2D eigenvalue weighted by atomic mass is 16.7. The van der Waals surface area contributed by atoms with Crippen molar-refractivity contribution in [3.05, 3.63) is 36.4 Å². The molecule has 0 radical (unpaired) electrons. The lowest BCUT2D eigenvalue weighted by Crippen LogP contribution is -2.63. The Balaban J connectivity index is 2.50. The summed E-state index contributed by atoms with van der Waals surface area (Å²) in [7, 11) is 1.45. The van der Waals surface area contributed by atoms with Crippen molar-refractivity contribution >= 4 is 23.9 Å². The monoisotopic (exact) mass is 494 g/mol. The van der Waals surface area contributed by atoms with Gasteiger partial charge in [0.25, 0.3) is 0 Å². The van der Waals surface area contributed by atoms with Crippen molar-refractivity contribution in [3.63, 3.8) is 0 Å². The molecule has 1 aromatic rings. The molecule has 5 atom stereocenters. The van der Waals surface area contributed by atoms with Gasteiger partial charge in [0.05, 0.1) is 7.11 Å². The average Bonchev–Trinajstić information content (AvgIpc) is 2.76. The number of hydrogen-bond acceptors (Lipinski definition) is 11. The molecule has 0 spiro atoms. The first-order valence-corrected chi connectivity index (χ1v) is 10.8. The van der Waals surface area contributed by atoms with Gasteiger partial charge in [-0.15, -0.1) is 6.58 Å². The van der Waals surface area contributed by atoms with Crippen LogP contribution in [-0.4, -0.2) is 68.3 Å². The molecule has 0 aromatic heterocycles. The second kappa shape index (κ2) is 12.7. The van der Waals surface area contributed by atoms with Crippen molar-refractivity contribution in [2.24, 2.45) is 0 Å². The molecule has 0 unspecified atom stereocenters. The van der Waals surface area contributed by atoms with E-state index in [0.717, 1.165) is 26.3 Å². The molecule has 0 bridgehead atoms. The third-order valence-corrected chi connectivity index (χ3v) is 4.80. The first kappa shape index (κ1) is 27.6. The molecule has 0 amide bonds. The van der Waals surface area contributed by atoms with E-state index in [9.17, 15) is 19.2 Å². The lowest BCUT2D eigenvalue weighted by atomic mass is 9.98. The molecular weight excluding hydrogens is 464 g/mol. The molecule has 1 fully saturated rings. The van der Waals surface area contributed by atoms with E-state index in [4.69, 9.17) is 33.2 Å². The normalized spacial score (nSPS) is 23.4. The van der Waals surface area contributed by atoms with Crippen LogP contribution in [0.5, 0.6) is 11.5 Å². The number of rotatable bonds is 10. The van der Waals surface area contributed by atoms with Crippen molar-refractivity contribution in [3.8, 4) is 11.5 Å². The fraction of sp³-hybridized carbons (Fsp3) is 0.500. The molecule has 0 N–H and O–H groups in total. The topological polar surface area (TPSA) is 133 Å². The lowest BCUT2D eigenvalue weighted by Gasteiger charge is -2.44. The Morgan fingerprint density at radius 1 is 0.886 bits per heavy atom. The van der Waals surface area contributed by atoms with E-state index < -0.39 is 54.6 Å². The van der Waals surface area contributed by atoms with Gasteiger partial charge in [0.2, 0.25) is 12.4 Å². The number of methoxy groups -OCH3 is 1. The second-order valence-electron chi connectivity index (χ2n) is 7.66. The largest absolute Gasteiger partial charge is 0.493 e. The maximum Gasteiger partial charge on any atom is 0.303 e. The molecule has 1 aliphatic rings. The Labute approximate surface area is 203 Å². The smallest absolute Gasteiger partial charge is 0.303 e. The Kier molecular flexibility index (Phi) is 10.1. The van der Waals surface area contributed by atoms with Gasteiger partial charge in [-0.1, -0.05) is 12.1 Å². The molecule has 35 heavy (non-hydrogen) atoms. The second-order valence-corrected chi connectivity index (χ2v) is 7.66. The quantitative estimate of drug-likeness (QED) is 0.268. The zero-order chi connectivity index (χ0) is 26.1. The summed E-state index contributed by atoms with van der Waals surface area (Å²) in [5.74, 6) is -2.19. The fourth-order valence-corrected chi connectivity index (χ4v) is 3.51. The van der Waals surface area contributed by atoms with Crippen LogP contribution in [-0.2, 0) is 49.3 Å². The van der Waals surface area contributed by atoms with Crippen LogP contribution < -0.4 is 9.47 Å². The van der Waals surface area contributed by atoms with Crippen molar-refractivity contribution in [2.45, 2.75) is 64.8 Å². The zero-order valence-corrected chi connectivity index (χ0v) is 20.3. The Morgan fingerprint density at radius 2 is 1.49 bits per heavy atom. The summed E-state index contributed by atoms with van der Waals surface area (Å²) in [4.78, 5) is 47.1. The molecule has 11 heteroatoms. The number of benzene rings is 1. The summed E-state index contributed by atoms with van der Waals surface area (Å²) in [6.07, 6.45) is -4.08. The van der Waals surface area contributed by atoms with Gasteiger partial charge in [0.1, 0.15) is 12.7 Å². The highest BCUT2D eigenvalue weighted by Gasteiger charge is 2.53. The zero-order valence-electron chi connectivity index (χ0n) is 20.3. The van der Waals surface area contributed by atoms with Crippen molar-refractivity contribution in [1.82, 2.24) is 0 Å². The maximum atomic E-state index is 11.9. The summed E-state index contributed by atoms with van der Waals surface area (Å²) < 4.78 is 38.5. The number of ether oxygens (including phenoxy) is 7. The molecule has 1 heterocycles. The van der Waals surface area contributed by atoms with Gasteiger partial charge >= 0.3 is 23.9 Å². The van der Waals surface area contributed by atoms with Crippen molar-refractivity contribution in [2.75, 3.05) is 13.7 Å². The third kappa shape index (κ3) is 7.99. The first-order chi connectivity index (χ1) is 16.5. The minimum absolute atomic E-state index is 0.237. The molecule has 0 saturated carbocycles. The van der Waals surface area contributed by atoms with Crippen LogP contribution in [0.25, 0.3) is 0 Å². The summed E-state index contributed by atoms with van der Waals surface area (Å²) >= 11 is 0. The molecule has 1 aliphatic heterocycles. The summed E-state index contributed by atoms with van der Waals surface area (Å²) in [6, 6.07) is 5.15. The third-order valence-electron chi connectivity index (χ3n) is 4.80. The SMILES string of the molecule is C=CCc1ccc(O[C@@H]2O[C@H](COC(C)=O)[C@@H](OC(C)=O)[C@H](OC(C)=O)[C@H]2OC(C)=O)c(OC)c1. The summed E-state index contributed by atoms with van der Waals surface area (Å²) in [5.41, 5.74) is 0.908. The number of hydrogen-bond donors (Lipinski definition) is 0. The van der Waals surface area contributed by atoms with Gasteiger partial charge in [-0.25, -0.2) is 0 Å². The van der Waals surface area contributed by atoms with Crippen LogP contribution in [0, 0.1) is 0 Å². The van der Waals surface area contributed by atoms with Gasteiger partial charge in [0.15, 0.2) is 23.7 Å². The fourth-order valence-electron chi connectivity index (χ4n) is 3.51. The molecule has 192 valence electrons. The number of esters is 4. The van der Waals surface area contributed by atoms with Crippen molar-refractivity contribution in [1.29, 1.82) is 0 Å². The van der Waals surface area contributed by atoms with Crippen molar-refractivity contribution < 1.29 is 52.3 Å². The molecular formula is C24H30O11. The summed E-state index contributed by atoms with van der Waals surface area (Å²) in [6.45, 7) is 7.99. The van der Waals surface area contributed by atoms with E-state index in [1.54, 1.807) is 24.3 Å². The van der Waals surface area contributed by atoms with E-state index in [-0.39, 0.29) is 12.4 Å². The Hall–Kier alpha value is -3.60. The predicted molar refractivity (Wildman–Crippen MR) is 119 cm³/mol. The van der Waals surface area contributed by atoms with E-state index in [1.807, 2.05) is 0 Å². The van der Waals surface area contributed by atoms with E-state index in [2.05, 4.69) is 6.58 Å². The van der Waals surface area contributed by atoms with Crippen LogP contribution >= 0.6 is 0 Å². The van der Waals surface area contributed by atoms with Gasteiger partial charge in [-0.05, 0) is 24.1 Å². The van der Waals surface area contributed by atoms with Crippen LogP contribution in [0.4, 0.5) is 0 Å². The molecule has 11 nitrogen and oxygen atoms in total. The molecule has 1 aromatic carbocycles. The highest BCUT2D eigenvalue weighted by Crippen LogP contribution is 2.35. The van der Waals surface area contributed by atoms with Crippen LogP contribution in [0.1, 0.15) is 33.3 Å². The summed E-state index contributed by atoms with van der Waals surface area (Å²) in [5, 5.41) is 0. The predicted octanol–water partition coefficient (Wildman–Crippen LogP) is 1.89. The first-order valence-electron chi connectivity index (χ1n) is 10.8. The minimum atomic E-state index is -1.35. The number of carbonyl (C=O) groups excluding carboxylic acids is 4. The molecule has 0 aliphatic carbocycles. The van der Waals surface area contributed by atoms with E-state index in [0.29, 0.717) is 12.2 Å². The number of allylic oxidation sites excluding steroid dienone is 1. The molecule has 1 saturated heterocycles. The van der Waals surface area contributed by atoms with Gasteiger partial charge in [0, 0.05) is 27.7 Å². The lowest BCUT2D eigenvalue weighted by molar-refractivity contribution is -0.288. The Bertz CT molecular complexity index is 941. The van der Waals surface area contributed by atoms with E-state index in [1.165, 1.54) is 14.0 Å².